The zero-order chi connectivity index (χ0) is 22.9. The lowest BCUT2D eigenvalue weighted by Gasteiger charge is -2.24. The van der Waals surface area contributed by atoms with Gasteiger partial charge in [-0.05, 0) is 60.1 Å². The van der Waals surface area contributed by atoms with Crippen LogP contribution in [0.5, 0.6) is 17.2 Å². The van der Waals surface area contributed by atoms with Crippen molar-refractivity contribution in [3.8, 4) is 17.2 Å². The van der Waals surface area contributed by atoms with Crippen LogP contribution in [0.3, 0.4) is 0 Å². The van der Waals surface area contributed by atoms with Crippen molar-refractivity contribution in [2.24, 2.45) is 0 Å². The van der Waals surface area contributed by atoms with E-state index in [1.54, 1.807) is 30.5 Å². The number of hydrogen-bond acceptors (Lipinski definition) is 7. The van der Waals surface area contributed by atoms with Crippen LogP contribution in [0.25, 0.3) is 0 Å². The van der Waals surface area contributed by atoms with Crippen LogP contribution in [0.2, 0.25) is 0 Å². The number of methoxy groups -OCH3 is 2. The molecule has 2 aromatic carbocycles. The third-order valence-electron chi connectivity index (χ3n) is 4.94. The minimum absolute atomic E-state index is 0.0687. The van der Waals surface area contributed by atoms with E-state index in [0.29, 0.717) is 17.5 Å². The van der Waals surface area contributed by atoms with Crippen molar-refractivity contribution < 1.29 is 18.9 Å². The molecule has 8 heteroatoms. The molecule has 3 aromatic rings. The Morgan fingerprint density at radius 3 is 2.38 bits per heavy atom. The zero-order valence-electron chi connectivity index (χ0n) is 18.7. The van der Waals surface area contributed by atoms with Gasteiger partial charge in [-0.25, -0.2) is 0 Å². The molecule has 3 rings (SSSR count). The van der Waals surface area contributed by atoms with Crippen molar-refractivity contribution in [3.05, 3.63) is 65.4 Å². The number of rotatable bonds is 10. The molecular formula is C24H28N2O4S2. The van der Waals surface area contributed by atoms with Gasteiger partial charge in [-0.15, -0.1) is 0 Å². The van der Waals surface area contributed by atoms with Crippen LogP contribution in [0, 0.1) is 0 Å². The number of ether oxygens (including phenoxy) is 4. The molecule has 0 spiro atoms. The number of thiophene rings is 1. The second-order valence-corrected chi connectivity index (χ2v) is 8.26. The monoisotopic (exact) mass is 472 g/mol. The number of anilines is 2. The van der Waals surface area contributed by atoms with E-state index in [1.165, 1.54) is 5.69 Å². The molecule has 1 heterocycles. The normalized spacial score (nSPS) is 11.5. The molecule has 1 atom stereocenters. The highest BCUT2D eigenvalue weighted by molar-refractivity contribution is 7.80. The van der Waals surface area contributed by atoms with Crippen LogP contribution >= 0.6 is 23.6 Å². The molecule has 0 aliphatic rings. The third-order valence-corrected chi connectivity index (χ3v) is 5.97. The van der Waals surface area contributed by atoms with E-state index >= 15 is 0 Å². The molecule has 0 aliphatic heterocycles. The number of thiocarbonyl (C=S) groups is 1. The SMILES string of the molecule is COc1ccc(OC(=S)N(C)c2cccc(OCC(CN(C)c3ccsc3)OC)c2)cc1. The lowest BCUT2D eigenvalue weighted by Crippen LogP contribution is -2.34. The van der Waals surface area contributed by atoms with E-state index in [9.17, 15) is 0 Å². The summed E-state index contributed by atoms with van der Waals surface area (Å²) in [6.45, 7) is 1.16. The molecule has 0 saturated heterocycles. The summed E-state index contributed by atoms with van der Waals surface area (Å²) in [6, 6.07) is 17.1. The van der Waals surface area contributed by atoms with Gasteiger partial charge in [0.25, 0.3) is 5.17 Å². The maximum atomic E-state index is 6.02. The second-order valence-electron chi connectivity index (χ2n) is 7.13. The first-order valence-corrected chi connectivity index (χ1v) is 11.4. The fourth-order valence-corrected chi connectivity index (χ4v) is 3.87. The van der Waals surface area contributed by atoms with Crippen LogP contribution < -0.4 is 24.0 Å². The van der Waals surface area contributed by atoms with Gasteiger partial charge in [0.1, 0.15) is 30.0 Å². The summed E-state index contributed by atoms with van der Waals surface area (Å²) in [4.78, 5) is 3.96. The average molecular weight is 473 g/mol. The predicted octanol–water partition coefficient (Wildman–Crippen LogP) is 5.09. The molecule has 0 N–H and O–H groups in total. The Labute approximate surface area is 198 Å². The van der Waals surface area contributed by atoms with Gasteiger partial charge in [-0.2, -0.15) is 11.3 Å². The van der Waals surface area contributed by atoms with E-state index in [0.717, 1.165) is 23.7 Å². The molecule has 0 aliphatic carbocycles. The molecule has 170 valence electrons. The van der Waals surface area contributed by atoms with E-state index in [-0.39, 0.29) is 6.10 Å². The maximum Gasteiger partial charge on any atom is 0.269 e. The first-order valence-electron chi connectivity index (χ1n) is 10.1. The molecule has 1 aromatic heterocycles. The van der Waals surface area contributed by atoms with Crippen LogP contribution in [-0.2, 0) is 4.74 Å². The highest BCUT2D eigenvalue weighted by atomic mass is 32.1. The number of nitrogens with zero attached hydrogens (tertiary/aromatic N) is 2. The highest BCUT2D eigenvalue weighted by Crippen LogP contribution is 2.23. The van der Waals surface area contributed by atoms with Gasteiger partial charge < -0.3 is 28.7 Å². The molecule has 0 saturated carbocycles. The fourth-order valence-electron chi connectivity index (χ4n) is 2.97. The quantitative estimate of drug-likeness (QED) is 0.381. The molecule has 0 amide bonds. The van der Waals surface area contributed by atoms with E-state index in [2.05, 4.69) is 21.7 Å². The van der Waals surface area contributed by atoms with Crippen LogP contribution in [-0.4, -0.2) is 52.7 Å². The summed E-state index contributed by atoms with van der Waals surface area (Å²) in [5.74, 6) is 2.15. The fraction of sp³-hybridized carbons (Fsp3) is 0.292. The average Bonchev–Trinajstić information content (AvgIpc) is 3.37. The van der Waals surface area contributed by atoms with Crippen LogP contribution in [0.15, 0.2) is 65.4 Å². The zero-order valence-corrected chi connectivity index (χ0v) is 20.3. The molecular weight excluding hydrogens is 444 g/mol. The largest absolute Gasteiger partial charge is 0.497 e. The Bertz CT molecular complexity index is 980. The Morgan fingerprint density at radius 1 is 0.969 bits per heavy atom. The Kier molecular flexibility index (Phi) is 8.72. The first kappa shape index (κ1) is 23.8. The van der Waals surface area contributed by atoms with E-state index in [4.69, 9.17) is 31.2 Å². The maximum absolute atomic E-state index is 6.02. The van der Waals surface area contributed by atoms with Gasteiger partial charge in [-0.1, -0.05) is 6.07 Å². The minimum Gasteiger partial charge on any atom is -0.497 e. The van der Waals surface area contributed by atoms with E-state index in [1.807, 2.05) is 62.6 Å². The van der Waals surface area contributed by atoms with Gasteiger partial charge in [0.2, 0.25) is 0 Å². The van der Waals surface area contributed by atoms with Crippen LogP contribution in [0.1, 0.15) is 0 Å². The standard InChI is InChI=1S/C24H28N2O4S2/c1-25(19-12-13-32-17-19)15-23(28-4)16-29-22-7-5-6-18(14-22)26(2)24(31)30-21-10-8-20(27-3)9-11-21/h5-14,17,23H,15-16H2,1-4H3. The molecule has 32 heavy (non-hydrogen) atoms. The van der Waals surface area contributed by atoms with Crippen molar-refractivity contribution in [3.63, 3.8) is 0 Å². The number of benzene rings is 2. The number of hydrogen-bond donors (Lipinski definition) is 0. The summed E-state index contributed by atoms with van der Waals surface area (Å²) in [6.07, 6.45) is -0.0687. The lowest BCUT2D eigenvalue weighted by atomic mass is 10.3. The summed E-state index contributed by atoms with van der Waals surface area (Å²) in [7, 11) is 7.24. The van der Waals surface area contributed by atoms with Crippen molar-refractivity contribution in [2.75, 3.05) is 51.3 Å². The van der Waals surface area contributed by atoms with Crippen LogP contribution in [0.4, 0.5) is 11.4 Å². The predicted molar refractivity (Wildman–Crippen MR) is 135 cm³/mol. The van der Waals surface area contributed by atoms with Gasteiger partial charge in [0.05, 0.1) is 7.11 Å². The summed E-state index contributed by atoms with van der Waals surface area (Å²) in [5, 5.41) is 4.51. The van der Waals surface area contributed by atoms with Crippen molar-refractivity contribution in [1.29, 1.82) is 0 Å². The first-order chi connectivity index (χ1) is 15.5. The summed E-state index contributed by atoms with van der Waals surface area (Å²) in [5.41, 5.74) is 2.04. The topological polar surface area (TPSA) is 43.4 Å². The van der Waals surface area contributed by atoms with Gasteiger partial charge in [-0.3, -0.25) is 0 Å². The lowest BCUT2D eigenvalue weighted by molar-refractivity contribution is 0.0636. The molecule has 0 fully saturated rings. The van der Waals surface area contributed by atoms with Gasteiger partial charge >= 0.3 is 0 Å². The highest BCUT2D eigenvalue weighted by Gasteiger charge is 2.14. The summed E-state index contributed by atoms with van der Waals surface area (Å²) < 4.78 is 22.6. The van der Waals surface area contributed by atoms with Crippen molar-refractivity contribution >= 4 is 40.1 Å². The van der Waals surface area contributed by atoms with Gasteiger partial charge in [0.15, 0.2) is 0 Å². The van der Waals surface area contributed by atoms with E-state index < -0.39 is 0 Å². The Balaban J connectivity index is 1.56. The third kappa shape index (κ3) is 6.59. The second kappa shape index (κ2) is 11.7. The smallest absolute Gasteiger partial charge is 0.269 e. The molecule has 1 unspecified atom stereocenters. The molecule has 0 radical (unpaired) electrons. The van der Waals surface area contributed by atoms with Gasteiger partial charge in [0, 0.05) is 50.6 Å². The minimum atomic E-state index is -0.0687. The Hall–Kier alpha value is -2.81. The molecule has 0 bridgehead atoms. The molecule has 6 nitrogen and oxygen atoms in total. The van der Waals surface area contributed by atoms with Crippen molar-refractivity contribution in [2.45, 2.75) is 6.10 Å². The Morgan fingerprint density at radius 2 is 1.72 bits per heavy atom. The van der Waals surface area contributed by atoms with Crippen molar-refractivity contribution in [1.82, 2.24) is 0 Å². The summed E-state index contributed by atoms with van der Waals surface area (Å²) >= 11 is 7.14. The number of likely N-dealkylation sites (N-methyl/N-ethyl adjacent to an activating group) is 1.